The number of amides is 2. The molecule has 2 aliphatic rings. The van der Waals surface area contributed by atoms with Crippen LogP contribution in [0.2, 0.25) is 0 Å². The number of fused-ring (bicyclic) bond motifs is 1. The van der Waals surface area contributed by atoms with Gasteiger partial charge in [-0.05, 0) is 24.8 Å². The maximum absolute atomic E-state index is 13.6. The Bertz CT molecular complexity index is 876. The molecule has 1 aliphatic heterocycles. The van der Waals surface area contributed by atoms with Crippen LogP contribution in [0, 0.1) is 17.6 Å². The highest BCUT2D eigenvalue weighted by Gasteiger charge is 2.32. The molecule has 26 heavy (non-hydrogen) atoms. The number of benzene rings is 1. The van der Waals surface area contributed by atoms with Gasteiger partial charge in [-0.1, -0.05) is 6.07 Å². The van der Waals surface area contributed by atoms with Crippen LogP contribution in [0.25, 0.3) is 0 Å². The average Bonchev–Trinajstić information content (AvgIpc) is 3.31. The van der Waals surface area contributed by atoms with Crippen molar-refractivity contribution >= 4 is 11.8 Å². The first-order valence-electron chi connectivity index (χ1n) is 8.60. The molecule has 2 heterocycles. The first-order valence-corrected chi connectivity index (χ1v) is 8.60. The van der Waals surface area contributed by atoms with Gasteiger partial charge in [0, 0.05) is 44.0 Å². The molecule has 1 aromatic carbocycles. The fourth-order valence-electron chi connectivity index (χ4n) is 3.06. The molecule has 0 bridgehead atoms. The van der Waals surface area contributed by atoms with Crippen LogP contribution in [0.15, 0.2) is 24.4 Å². The van der Waals surface area contributed by atoms with Crippen molar-refractivity contribution in [2.75, 3.05) is 13.1 Å². The molecule has 1 fully saturated rings. The summed E-state index contributed by atoms with van der Waals surface area (Å²) in [7, 11) is 0. The molecule has 1 aromatic heterocycles. The Balaban J connectivity index is 1.43. The van der Waals surface area contributed by atoms with E-state index in [9.17, 15) is 18.4 Å². The van der Waals surface area contributed by atoms with Gasteiger partial charge in [-0.15, -0.1) is 0 Å². The topological polar surface area (TPSA) is 67.2 Å². The molecule has 6 nitrogen and oxygen atoms in total. The zero-order valence-corrected chi connectivity index (χ0v) is 14.0. The molecule has 4 rings (SSSR count). The summed E-state index contributed by atoms with van der Waals surface area (Å²) in [6.45, 7) is 1.87. The fraction of sp³-hybridized carbons (Fsp3) is 0.389. The van der Waals surface area contributed by atoms with Crippen molar-refractivity contribution in [1.29, 1.82) is 0 Å². The molecule has 2 amide bonds. The Hall–Kier alpha value is -2.77. The van der Waals surface area contributed by atoms with Crippen LogP contribution in [0.4, 0.5) is 8.78 Å². The van der Waals surface area contributed by atoms with E-state index in [2.05, 4.69) is 10.3 Å². The van der Waals surface area contributed by atoms with Crippen molar-refractivity contribution in [3.05, 3.63) is 53.1 Å². The van der Waals surface area contributed by atoms with Gasteiger partial charge < -0.3 is 14.8 Å². The van der Waals surface area contributed by atoms with Crippen LogP contribution in [0.1, 0.15) is 39.5 Å². The summed E-state index contributed by atoms with van der Waals surface area (Å²) in [5.41, 5.74) is 0.291. The first kappa shape index (κ1) is 16.7. The zero-order valence-electron chi connectivity index (χ0n) is 14.0. The predicted molar refractivity (Wildman–Crippen MR) is 88.4 cm³/mol. The highest BCUT2D eigenvalue weighted by atomic mass is 19.1. The number of hydrogen-bond acceptors (Lipinski definition) is 3. The SMILES string of the molecule is O=C(NCc1ccc(F)cc1F)c1cn2c(n1)C(=O)N(CC1CC1)CC2. The minimum Gasteiger partial charge on any atom is -0.346 e. The van der Waals surface area contributed by atoms with Gasteiger partial charge in [-0.25, -0.2) is 13.8 Å². The molecule has 0 spiro atoms. The van der Waals surface area contributed by atoms with E-state index in [1.165, 1.54) is 12.3 Å². The van der Waals surface area contributed by atoms with Gasteiger partial charge in [-0.2, -0.15) is 0 Å². The molecule has 1 N–H and O–H groups in total. The minimum atomic E-state index is -0.722. The summed E-state index contributed by atoms with van der Waals surface area (Å²) >= 11 is 0. The number of aromatic nitrogens is 2. The van der Waals surface area contributed by atoms with Gasteiger partial charge in [0.1, 0.15) is 17.3 Å². The Kier molecular flexibility index (Phi) is 4.18. The lowest BCUT2D eigenvalue weighted by molar-refractivity contribution is 0.0688. The summed E-state index contributed by atoms with van der Waals surface area (Å²) in [5, 5.41) is 2.55. The summed E-state index contributed by atoms with van der Waals surface area (Å²) < 4.78 is 28.2. The van der Waals surface area contributed by atoms with Crippen LogP contribution in [0.5, 0.6) is 0 Å². The third kappa shape index (κ3) is 3.31. The molecular weight excluding hydrogens is 342 g/mol. The molecule has 136 valence electrons. The fourth-order valence-corrected chi connectivity index (χ4v) is 3.06. The van der Waals surface area contributed by atoms with Crippen LogP contribution < -0.4 is 5.32 Å². The maximum atomic E-state index is 13.6. The summed E-state index contributed by atoms with van der Waals surface area (Å²) in [6, 6.07) is 3.18. The zero-order chi connectivity index (χ0) is 18.3. The van der Waals surface area contributed by atoms with E-state index in [0.717, 1.165) is 31.5 Å². The third-order valence-corrected chi connectivity index (χ3v) is 4.73. The van der Waals surface area contributed by atoms with E-state index < -0.39 is 17.5 Å². The van der Waals surface area contributed by atoms with Crippen molar-refractivity contribution in [2.45, 2.75) is 25.9 Å². The van der Waals surface area contributed by atoms with E-state index >= 15 is 0 Å². The number of nitrogens with one attached hydrogen (secondary N) is 1. The second-order valence-electron chi connectivity index (χ2n) is 6.76. The van der Waals surface area contributed by atoms with E-state index in [-0.39, 0.29) is 29.5 Å². The van der Waals surface area contributed by atoms with Gasteiger partial charge in [0.15, 0.2) is 5.82 Å². The van der Waals surface area contributed by atoms with Crippen molar-refractivity contribution in [2.24, 2.45) is 5.92 Å². The quantitative estimate of drug-likeness (QED) is 0.886. The number of nitrogens with zero attached hydrogens (tertiary/aromatic N) is 3. The smallest absolute Gasteiger partial charge is 0.289 e. The lowest BCUT2D eigenvalue weighted by Crippen LogP contribution is -2.41. The molecule has 0 unspecified atom stereocenters. The van der Waals surface area contributed by atoms with E-state index in [1.807, 2.05) is 0 Å². The lowest BCUT2D eigenvalue weighted by atomic mass is 10.2. The summed E-state index contributed by atoms with van der Waals surface area (Å²) in [5.74, 6) is -1.21. The Labute approximate surface area is 148 Å². The molecule has 2 aromatic rings. The largest absolute Gasteiger partial charge is 0.346 e. The molecule has 0 radical (unpaired) electrons. The summed E-state index contributed by atoms with van der Waals surface area (Å²) in [4.78, 5) is 30.7. The predicted octanol–water partition coefficient (Wildman–Crippen LogP) is 1.96. The molecule has 1 saturated carbocycles. The van der Waals surface area contributed by atoms with Crippen molar-refractivity contribution in [1.82, 2.24) is 19.8 Å². The van der Waals surface area contributed by atoms with Crippen molar-refractivity contribution in [3.63, 3.8) is 0 Å². The maximum Gasteiger partial charge on any atom is 0.289 e. The molecular formula is C18H18F2N4O2. The van der Waals surface area contributed by atoms with Crippen LogP contribution >= 0.6 is 0 Å². The monoisotopic (exact) mass is 360 g/mol. The van der Waals surface area contributed by atoms with Gasteiger partial charge in [0.05, 0.1) is 0 Å². The standard InChI is InChI=1S/C18H18F2N4O2/c19-13-4-3-12(14(20)7-13)8-21-17(25)15-10-23-5-6-24(9-11-1-2-11)18(26)16(23)22-15/h3-4,7,10-11H,1-2,5-6,8-9H2,(H,21,25). The molecule has 0 atom stereocenters. The van der Waals surface area contributed by atoms with E-state index in [0.29, 0.717) is 19.0 Å². The number of hydrogen-bond donors (Lipinski definition) is 1. The summed E-state index contributed by atoms with van der Waals surface area (Å²) in [6.07, 6.45) is 3.86. The average molecular weight is 360 g/mol. The van der Waals surface area contributed by atoms with Crippen LogP contribution in [0.3, 0.4) is 0 Å². The third-order valence-electron chi connectivity index (χ3n) is 4.73. The molecule has 1 aliphatic carbocycles. The highest BCUT2D eigenvalue weighted by Crippen LogP contribution is 2.30. The normalized spacial score (nSPS) is 16.5. The molecule has 0 saturated heterocycles. The first-order chi connectivity index (χ1) is 12.5. The Morgan fingerprint density at radius 1 is 1.27 bits per heavy atom. The second-order valence-corrected chi connectivity index (χ2v) is 6.76. The lowest BCUT2D eigenvalue weighted by Gasteiger charge is -2.27. The minimum absolute atomic E-state index is 0.0884. The Morgan fingerprint density at radius 3 is 2.81 bits per heavy atom. The van der Waals surface area contributed by atoms with Gasteiger partial charge in [0.2, 0.25) is 0 Å². The van der Waals surface area contributed by atoms with Crippen molar-refractivity contribution in [3.8, 4) is 0 Å². The van der Waals surface area contributed by atoms with Crippen LogP contribution in [-0.2, 0) is 13.1 Å². The number of rotatable bonds is 5. The number of imidazole rings is 1. The highest BCUT2D eigenvalue weighted by molar-refractivity contribution is 5.96. The number of halogens is 2. The number of carbonyl (C=O) groups is 2. The van der Waals surface area contributed by atoms with Crippen LogP contribution in [-0.4, -0.2) is 39.4 Å². The van der Waals surface area contributed by atoms with Gasteiger partial charge in [-0.3, -0.25) is 9.59 Å². The molecule has 8 heteroatoms. The van der Waals surface area contributed by atoms with Crippen molar-refractivity contribution < 1.29 is 18.4 Å². The van der Waals surface area contributed by atoms with E-state index in [4.69, 9.17) is 0 Å². The Morgan fingerprint density at radius 2 is 2.08 bits per heavy atom. The van der Waals surface area contributed by atoms with E-state index in [1.54, 1.807) is 9.47 Å². The van der Waals surface area contributed by atoms with Gasteiger partial charge >= 0.3 is 0 Å². The number of carbonyl (C=O) groups excluding carboxylic acids is 2. The second kappa shape index (κ2) is 6.51. The van der Waals surface area contributed by atoms with Gasteiger partial charge in [0.25, 0.3) is 11.8 Å².